The van der Waals surface area contributed by atoms with E-state index in [0.717, 1.165) is 5.56 Å². The molecule has 0 heterocycles. The predicted octanol–water partition coefficient (Wildman–Crippen LogP) is 1.44. The zero-order valence-electron chi connectivity index (χ0n) is 9.51. The lowest BCUT2D eigenvalue weighted by Gasteiger charge is -2.20. The number of rotatable bonds is 4. The van der Waals surface area contributed by atoms with E-state index in [2.05, 4.69) is 5.92 Å². The molecule has 1 amide bonds. The lowest BCUT2D eigenvalue weighted by molar-refractivity contribution is -0.136. The smallest absolute Gasteiger partial charge is 0.323 e. The lowest BCUT2D eigenvalue weighted by Crippen LogP contribution is -2.35. The third kappa shape index (κ3) is 3.65. The van der Waals surface area contributed by atoms with Crippen molar-refractivity contribution in [3.05, 3.63) is 29.8 Å². The molecule has 0 bridgehead atoms. The molecule has 4 heteroatoms. The van der Waals surface area contributed by atoms with E-state index >= 15 is 0 Å². The van der Waals surface area contributed by atoms with Crippen molar-refractivity contribution in [1.29, 1.82) is 0 Å². The van der Waals surface area contributed by atoms with Gasteiger partial charge < -0.3 is 10.0 Å². The minimum Gasteiger partial charge on any atom is -0.480 e. The molecule has 0 aromatic heterocycles. The largest absolute Gasteiger partial charge is 0.480 e. The van der Waals surface area contributed by atoms with Crippen LogP contribution in [0.1, 0.15) is 12.0 Å². The Morgan fingerprint density at radius 1 is 1.35 bits per heavy atom. The Balaban J connectivity index is 2.97. The minimum absolute atomic E-state index is 0.110. The Morgan fingerprint density at radius 2 is 1.94 bits per heavy atom. The average molecular weight is 231 g/mol. The highest BCUT2D eigenvalue weighted by molar-refractivity contribution is 5.98. The number of amides is 1. The van der Waals surface area contributed by atoms with Gasteiger partial charge in [-0.25, -0.2) is 0 Å². The molecular weight excluding hydrogens is 218 g/mol. The summed E-state index contributed by atoms with van der Waals surface area (Å²) in [5.74, 6) is 0.755. The Bertz CT molecular complexity index is 457. The molecule has 0 saturated heterocycles. The number of anilines is 1. The molecule has 4 nitrogen and oxygen atoms in total. The van der Waals surface area contributed by atoms with E-state index in [1.807, 2.05) is 19.1 Å². The number of carbonyl (C=O) groups excluding carboxylic acids is 1. The van der Waals surface area contributed by atoms with Crippen LogP contribution in [-0.4, -0.2) is 23.5 Å². The number of carboxylic acid groups (broad SMARTS) is 1. The molecule has 88 valence electrons. The van der Waals surface area contributed by atoms with E-state index in [1.165, 1.54) is 4.90 Å². The van der Waals surface area contributed by atoms with Crippen molar-refractivity contribution < 1.29 is 14.7 Å². The second-order valence-corrected chi connectivity index (χ2v) is 3.59. The van der Waals surface area contributed by atoms with Crippen LogP contribution in [0.15, 0.2) is 24.3 Å². The van der Waals surface area contributed by atoms with Gasteiger partial charge in [-0.2, -0.15) is 0 Å². The second-order valence-electron chi connectivity index (χ2n) is 3.59. The zero-order valence-corrected chi connectivity index (χ0v) is 9.51. The number of nitrogens with zero attached hydrogens (tertiary/aromatic N) is 1. The first-order valence-corrected chi connectivity index (χ1v) is 5.07. The third-order valence-electron chi connectivity index (χ3n) is 2.19. The normalized spacial score (nSPS) is 9.41. The number of aliphatic carboxylic acids is 1. The summed E-state index contributed by atoms with van der Waals surface area (Å²) in [5, 5.41) is 8.77. The van der Waals surface area contributed by atoms with E-state index < -0.39 is 11.9 Å². The first kappa shape index (κ1) is 12.8. The number of terminal acetylenes is 1. The Labute approximate surface area is 99.9 Å². The first-order valence-electron chi connectivity index (χ1n) is 5.07. The summed E-state index contributed by atoms with van der Waals surface area (Å²) >= 11 is 0. The molecule has 0 atom stereocenters. The van der Waals surface area contributed by atoms with Gasteiger partial charge in [0.15, 0.2) is 0 Å². The summed E-state index contributed by atoms with van der Waals surface area (Å²) in [7, 11) is 0. The molecule has 0 aliphatic rings. The summed E-state index contributed by atoms with van der Waals surface area (Å²) in [6.45, 7) is 1.53. The van der Waals surface area contributed by atoms with E-state index in [-0.39, 0.29) is 13.0 Å². The van der Waals surface area contributed by atoms with Gasteiger partial charge in [0.2, 0.25) is 5.91 Å². The van der Waals surface area contributed by atoms with Gasteiger partial charge in [-0.3, -0.25) is 9.59 Å². The fourth-order valence-electron chi connectivity index (χ4n) is 1.37. The van der Waals surface area contributed by atoms with E-state index in [4.69, 9.17) is 11.5 Å². The standard InChI is InChI=1S/C13H13NO3/c1-3-4-12(15)14(9-13(16)17)11-7-5-10(2)6-8-11/h1,5-8H,4,9H2,2H3,(H,16,17). The van der Waals surface area contributed by atoms with Crippen molar-refractivity contribution in [2.24, 2.45) is 0 Å². The van der Waals surface area contributed by atoms with Crippen LogP contribution in [0.25, 0.3) is 0 Å². The van der Waals surface area contributed by atoms with Crippen LogP contribution in [0.3, 0.4) is 0 Å². The number of benzene rings is 1. The summed E-state index contributed by atoms with van der Waals surface area (Å²) in [6.07, 6.45) is 4.95. The molecule has 1 N–H and O–H groups in total. The quantitative estimate of drug-likeness (QED) is 0.797. The highest BCUT2D eigenvalue weighted by atomic mass is 16.4. The van der Waals surface area contributed by atoms with Crippen LogP contribution in [0.4, 0.5) is 5.69 Å². The number of carboxylic acids is 1. The van der Waals surface area contributed by atoms with Crippen molar-refractivity contribution in [2.45, 2.75) is 13.3 Å². The van der Waals surface area contributed by atoms with Crippen molar-refractivity contribution in [3.63, 3.8) is 0 Å². The van der Waals surface area contributed by atoms with Gasteiger partial charge in [0, 0.05) is 5.69 Å². The number of carbonyl (C=O) groups is 2. The third-order valence-corrected chi connectivity index (χ3v) is 2.19. The van der Waals surface area contributed by atoms with Gasteiger partial charge in [-0.15, -0.1) is 6.42 Å². The lowest BCUT2D eigenvalue weighted by atomic mass is 10.2. The maximum absolute atomic E-state index is 11.7. The molecule has 0 fully saturated rings. The Morgan fingerprint density at radius 3 is 2.41 bits per heavy atom. The number of hydrogen-bond donors (Lipinski definition) is 1. The molecule has 1 aromatic carbocycles. The SMILES string of the molecule is C#CCC(=O)N(CC(=O)O)c1ccc(C)cc1. The molecule has 17 heavy (non-hydrogen) atoms. The molecule has 0 radical (unpaired) electrons. The van der Waals surface area contributed by atoms with E-state index in [0.29, 0.717) is 5.69 Å². The fraction of sp³-hybridized carbons (Fsp3) is 0.231. The maximum atomic E-state index is 11.7. The highest BCUT2D eigenvalue weighted by Gasteiger charge is 2.17. The molecule has 0 aliphatic heterocycles. The van der Waals surface area contributed by atoms with Gasteiger partial charge in [-0.05, 0) is 19.1 Å². The topological polar surface area (TPSA) is 57.6 Å². The van der Waals surface area contributed by atoms with Crippen LogP contribution in [0.2, 0.25) is 0 Å². The highest BCUT2D eigenvalue weighted by Crippen LogP contribution is 2.15. The van der Waals surface area contributed by atoms with Crippen LogP contribution < -0.4 is 4.90 Å². The number of aryl methyl sites for hydroxylation is 1. The van der Waals surface area contributed by atoms with Gasteiger partial charge in [0.05, 0.1) is 6.42 Å². The van der Waals surface area contributed by atoms with Gasteiger partial charge in [-0.1, -0.05) is 23.6 Å². The predicted molar refractivity (Wildman–Crippen MR) is 64.6 cm³/mol. The molecule has 0 saturated carbocycles. The fourth-order valence-corrected chi connectivity index (χ4v) is 1.37. The minimum atomic E-state index is -1.07. The van der Waals surface area contributed by atoms with Crippen LogP contribution in [-0.2, 0) is 9.59 Å². The molecule has 0 aliphatic carbocycles. The number of hydrogen-bond acceptors (Lipinski definition) is 2. The monoisotopic (exact) mass is 231 g/mol. The summed E-state index contributed by atoms with van der Waals surface area (Å²) in [5.41, 5.74) is 1.58. The molecular formula is C13H13NO3. The van der Waals surface area contributed by atoms with Crippen molar-refractivity contribution in [3.8, 4) is 12.3 Å². The summed E-state index contributed by atoms with van der Waals surface area (Å²) in [4.78, 5) is 23.6. The van der Waals surface area contributed by atoms with E-state index in [1.54, 1.807) is 12.1 Å². The van der Waals surface area contributed by atoms with Crippen molar-refractivity contribution in [2.75, 3.05) is 11.4 Å². The molecule has 1 rings (SSSR count). The van der Waals surface area contributed by atoms with Gasteiger partial charge >= 0.3 is 5.97 Å². The maximum Gasteiger partial charge on any atom is 0.323 e. The molecule has 0 unspecified atom stereocenters. The van der Waals surface area contributed by atoms with Gasteiger partial charge in [0.1, 0.15) is 6.54 Å². The second kappa shape index (κ2) is 5.71. The van der Waals surface area contributed by atoms with E-state index in [9.17, 15) is 9.59 Å². The summed E-state index contributed by atoms with van der Waals surface area (Å²) < 4.78 is 0. The Kier molecular flexibility index (Phi) is 4.29. The first-order chi connectivity index (χ1) is 8.04. The van der Waals surface area contributed by atoms with Crippen LogP contribution >= 0.6 is 0 Å². The average Bonchev–Trinajstić information content (AvgIpc) is 2.27. The van der Waals surface area contributed by atoms with Crippen molar-refractivity contribution >= 4 is 17.6 Å². The van der Waals surface area contributed by atoms with Gasteiger partial charge in [0.25, 0.3) is 0 Å². The molecule has 1 aromatic rings. The Hall–Kier alpha value is -2.28. The summed E-state index contributed by atoms with van der Waals surface area (Å²) in [6, 6.07) is 7.03. The van der Waals surface area contributed by atoms with Crippen molar-refractivity contribution in [1.82, 2.24) is 0 Å². The van der Waals surface area contributed by atoms with Crippen LogP contribution in [0, 0.1) is 19.3 Å². The molecule has 0 spiro atoms. The van der Waals surface area contributed by atoms with Crippen LogP contribution in [0.5, 0.6) is 0 Å². The zero-order chi connectivity index (χ0) is 12.8.